The Morgan fingerprint density at radius 3 is 2.51 bits per heavy atom. The fourth-order valence-electron chi connectivity index (χ4n) is 3.72. The van der Waals surface area contributed by atoms with E-state index < -0.39 is 0 Å². The molecule has 1 saturated heterocycles. The lowest BCUT2D eigenvalue weighted by molar-refractivity contribution is -0.122. The van der Waals surface area contributed by atoms with Gasteiger partial charge in [-0.05, 0) is 65.9 Å². The highest BCUT2D eigenvalue weighted by atomic mass is 79.9. The molecule has 0 aliphatic carbocycles. The molecule has 0 unspecified atom stereocenters. The van der Waals surface area contributed by atoms with Gasteiger partial charge in [-0.2, -0.15) is 5.26 Å². The molecule has 3 aromatic rings. The summed E-state index contributed by atoms with van der Waals surface area (Å²) >= 11 is 4.89. The van der Waals surface area contributed by atoms with Crippen LogP contribution in [0.25, 0.3) is 6.08 Å². The second-order valence-electron chi connectivity index (χ2n) is 8.23. The van der Waals surface area contributed by atoms with Crippen molar-refractivity contribution in [2.75, 3.05) is 34.5 Å². The normalized spacial score (nSPS) is 15.1. The van der Waals surface area contributed by atoms with Gasteiger partial charge < -0.3 is 18.9 Å². The number of aliphatic imine (C=N–C) groups is 1. The number of methoxy groups -OCH3 is 3. The van der Waals surface area contributed by atoms with E-state index in [2.05, 4.69) is 22.0 Å². The van der Waals surface area contributed by atoms with Crippen molar-refractivity contribution >= 4 is 50.5 Å². The van der Waals surface area contributed by atoms with Crippen molar-refractivity contribution in [3.63, 3.8) is 0 Å². The molecule has 1 heterocycles. The number of carbonyl (C=O) groups is 1. The summed E-state index contributed by atoms with van der Waals surface area (Å²) in [5.74, 6) is 1.57. The number of rotatable bonds is 10. The number of benzene rings is 3. The van der Waals surface area contributed by atoms with Crippen LogP contribution in [-0.2, 0) is 16.1 Å². The van der Waals surface area contributed by atoms with Crippen molar-refractivity contribution in [2.24, 2.45) is 4.99 Å². The minimum absolute atomic E-state index is 0.163. The maximum atomic E-state index is 13.4. The molecule has 8 nitrogen and oxygen atoms in total. The number of nitriles is 1. The number of thioether (sulfide) groups is 1. The summed E-state index contributed by atoms with van der Waals surface area (Å²) in [6, 6.07) is 20.4. The number of amides is 1. The Morgan fingerprint density at radius 1 is 1.05 bits per heavy atom. The van der Waals surface area contributed by atoms with Gasteiger partial charge in [0.05, 0.1) is 49.6 Å². The van der Waals surface area contributed by atoms with Crippen molar-refractivity contribution < 1.29 is 23.7 Å². The van der Waals surface area contributed by atoms with Gasteiger partial charge in [0.15, 0.2) is 16.7 Å². The molecule has 0 spiro atoms. The van der Waals surface area contributed by atoms with Gasteiger partial charge in [-0.15, -0.1) is 0 Å². The zero-order valence-corrected chi connectivity index (χ0v) is 24.0. The first-order chi connectivity index (χ1) is 19.0. The van der Waals surface area contributed by atoms with Gasteiger partial charge in [-0.25, -0.2) is 4.99 Å². The third kappa shape index (κ3) is 6.81. The molecule has 3 aromatic carbocycles. The highest BCUT2D eigenvalue weighted by molar-refractivity contribution is 9.10. The maximum absolute atomic E-state index is 13.4. The molecule has 200 valence electrons. The fraction of sp³-hybridized carbons (Fsp3) is 0.207. The van der Waals surface area contributed by atoms with E-state index in [0.717, 1.165) is 21.3 Å². The van der Waals surface area contributed by atoms with E-state index in [4.69, 9.17) is 23.9 Å². The fourth-order valence-corrected chi connectivity index (χ4v) is 5.18. The summed E-state index contributed by atoms with van der Waals surface area (Å²) in [7, 11) is 4.75. The largest absolute Gasteiger partial charge is 0.497 e. The number of nitrogens with zero attached hydrogens (tertiary/aromatic N) is 3. The van der Waals surface area contributed by atoms with Crippen LogP contribution in [-0.4, -0.2) is 50.5 Å². The lowest BCUT2D eigenvalue weighted by Gasteiger charge is -2.15. The van der Waals surface area contributed by atoms with Crippen LogP contribution in [0.15, 0.2) is 75.0 Å². The monoisotopic (exact) mass is 607 g/mol. The van der Waals surface area contributed by atoms with Gasteiger partial charge in [0.1, 0.15) is 12.4 Å². The molecule has 0 bridgehead atoms. The molecule has 0 atom stereocenters. The van der Waals surface area contributed by atoms with Crippen molar-refractivity contribution in [3.05, 3.63) is 86.7 Å². The number of amidine groups is 1. The standard InChI is InChI=1S/C29H26BrN3O5S/c1-35-13-12-33-28(34)27(39-29(33)32-22-8-10-23(36-2)11-9-22)15-21-14-25(37-3)26(16-24(21)30)38-18-20-7-5-4-6-19(20)17-31/h4-11,14-16H,12-13,18H2,1-3H3/b27-15-,32-29?. The van der Waals surface area contributed by atoms with Crippen molar-refractivity contribution in [1.82, 2.24) is 4.90 Å². The highest BCUT2D eigenvalue weighted by Gasteiger charge is 2.33. The lowest BCUT2D eigenvalue weighted by Crippen LogP contribution is -2.32. The molecule has 1 aliphatic rings. The predicted octanol–water partition coefficient (Wildman–Crippen LogP) is 6.17. The Morgan fingerprint density at radius 2 is 1.82 bits per heavy atom. The van der Waals surface area contributed by atoms with E-state index in [-0.39, 0.29) is 12.5 Å². The SMILES string of the molecule is COCCN1C(=O)/C(=C/c2cc(OC)c(OCc3ccccc3C#N)cc2Br)SC1=Nc1ccc(OC)cc1. The number of ether oxygens (including phenoxy) is 4. The molecule has 0 saturated carbocycles. The molecule has 0 N–H and O–H groups in total. The third-order valence-electron chi connectivity index (χ3n) is 5.79. The van der Waals surface area contributed by atoms with E-state index in [0.29, 0.717) is 46.0 Å². The predicted molar refractivity (Wildman–Crippen MR) is 155 cm³/mol. The molecule has 0 radical (unpaired) electrons. The lowest BCUT2D eigenvalue weighted by atomic mass is 10.1. The average Bonchev–Trinajstić information content (AvgIpc) is 3.25. The minimum atomic E-state index is -0.163. The highest BCUT2D eigenvalue weighted by Crippen LogP contribution is 2.39. The second kappa shape index (κ2) is 13.3. The van der Waals surface area contributed by atoms with Crippen molar-refractivity contribution in [3.8, 4) is 23.3 Å². The maximum Gasteiger partial charge on any atom is 0.266 e. The summed E-state index contributed by atoms with van der Waals surface area (Å²) in [4.78, 5) is 20.2. The van der Waals surface area contributed by atoms with Crippen molar-refractivity contribution in [1.29, 1.82) is 5.26 Å². The molecular weight excluding hydrogens is 582 g/mol. The van der Waals surface area contributed by atoms with Crippen LogP contribution < -0.4 is 14.2 Å². The molecular formula is C29H26BrN3O5S. The van der Waals surface area contributed by atoms with Crippen molar-refractivity contribution in [2.45, 2.75) is 6.61 Å². The van der Waals surface area contributed by atoms with E-state index >= 15 is 0 Å². The van der Waals surface area contributed by atoms with Crippen LogP contribution >= 0.6 is 27.7 Å². The van der Waals surface area contributed by atoms with E-state index in [1.165, 1.54) is 11.8 Å². The number of hydrogen-bond donors (Lipinski definition) is 0. The molecule has 1 fully saturated rings. The third-order valence-corrected chi connectivity index (χ3v) is 7.49. The first-order valence-corrected chi connectivity index (χ1v) is 13.5. The summed E-state index contributed by atoms with van der Waals surface area (Å²) in [6.07, 6.45) is 1.80. The summed E-state index contributed by atoms with van der Waals surface area (Å²) in [6.45, 7) is 0.955. The Labute approximate surface area is 240 Å². The second-order valence-corrected chi connectivity index (χ2v) is 10.1. The molecule has 1 amide bonds. The van der Waals surface area contributed by atoms with E-state index in [1.54, 1.807) is 50.5 Å². The van der Waals surface area contributed by atoms with Crippen LogP contribution in [0, 0.1) is 11.3 Å². The molecule has 10 heteroatoms. The zero-order chi connectivity index (χ0) is 27.8. The van der Waals surface area contributed by atoms with Crippen LogP contribution in [0.5, 0.6) is 17.2 Å². The molecule has 0 aromatic heterocycles. The Bertz CT molecular complexity index is 1450. The average molecular weight is 609 g/mol. The molecule has 39 heavy (non-hydrogen) atoms. The first-order valence-electron chi connectivity index (χ1n) is 11.9. The van der Waals surface area contributed by atoms with Gasteiger partial charge in [0.2, 0.25) is 0 Å². The van der Waals surface area contributed by atoms with E-state index in [9.17, 15) is 10.1 Å². The molecule has 1 aliphatic heterocycles. The van der Waals surface area contributed by atoms with Crippen LogP contribution in [0.2, 0.25) is 0 Å². The topological polar surface area (TPSA) is 93.4 Å². The summed E-state index contributed by atoms with van der Waals surface area (Å²) in [5, 5.41) is 9.91. The molecule has 4 rings (SSSR count). The Kier molecular flexibility index (Phi) is 9.65. The first kappa shape index (κ1) is 28.2. The minimum Gasteiger partial charge on any atom is -0.497 e. The Hall–Kier alpha value is -3.78. The van der Waals surface area contributed by atoms with Gasteiger partial charge >= 0.3 is 0 Å². The van der Waals surface area contributed by atoms with Gasteiger partial charge in [-0.1, -0.05) is 34.1 Å². The summed E-state index contributed by atoms with van der Waals surface area (Å²) in [5.41, 5.74) is 2.78. The zero-order valence-electron chi connectivity index (χ0n) is 21.6. The van der Waals surface area contributed by atoms with E-state index in [1.807, 2.05) is 42.5 Å². The van der Waals surface area contributed by atoms with Gasteiger partial charge in [0.25, 0.3) is 5.91 Å². The number of hydrogen-bond acceptors (Lipinski definition) is 8. The van der Waals surface area contributed by atoms with Crippen LogP contribution in [0.3, 0.4) is 0 Å². The number of halogens is 1. The summed E-state index contributed by atoms with van der Waals surface area (Å²) < 4.78 is 22.7. The van der Waals surface area contributed by atoms with Crippen LogP contribution in [0.1, 0.15) is 16.7 Å². The quantitative estimate of drug-likeness (QED) is 0.254. The van der Waals surface area contributed by atoms with Gasteiger partial charge in [-0.3, -0.25) is 9.69 Å². The number of carbonyl (C=O) groups excluding carboxylic acids is 1. The van der Waals surface area contributed by atoms with Crippen LogP contribution in [0.4, 0.5) is 5.69 Å². The van der Waals surface area contributed by atoms with Gasteiger partial charge in [0, 0.05) is 17.1 Å². The smallest absolute Gasteiger partial charge is 0.266 e. The Balaban J connectivity index is 1.61.